The summed E-state index contributed by atoms with van der Waals surface area (Å²) in [7, 11) is 1.52. The molecular formula is C14H15N3O4. The van der Waals surface area contributed by atoms with E-state index in [0.29, 0.717) is 12.0 Å². The topological polar surface area (TPSA) is 95.5 Å². The van der Waals surface area contributed by atoms with Gasteiger partial charge in [0.2, 0.25) is 0 Å². The summed E-state index contributed by atoms with van der Waals surface area (Å²) in [6, 6.07) is 4.29. The quantitative estimate of drug-likeness (QED) is 0.874. The first kappa shape index (κ1) is 13.6. The van der Waals surface area contributed by atoms with E-state index >= 15 is 0 Å². The van der Waals surface area contributed by atoms with E-state index in [1.807, 2.05) is 0 Å². The Hall–Kier alpha value is -2.41. The van der Waals surface area contributed by atoms with Crippen molar-refractivity contribution in [3.8, 4) is 0 Å². The lowest BCUT2D eigenvalue weighted by molar-refractivity contribution is -0.141. The number of amides is 1. The molecule has 0 unspecified atom stereocenters. The molecule has 1 fully saturated rings. The predicted octanol–water partition coefficient (Wildman–Crippen LogP) is 0.877. The molecule has 0 aliphatic carbocycles. The maximum absolute atomic E-state index is 12.6. The number of fused-ring (bicyclic) bond motifs is 1. The molecule has 1 saturated heterocycles. The number of nitrogens with one attached hydrogen (secondary N) is 1. The molecule has 0 bridgehead atoms. The van der Waals surface area contributed by atoms with Crippen LogP contribution in [0.15, 0.2) is 24.4 Å². The maximum Gasteiger partial charge on any atom is 0.326 e. The second-order valence-electron chi connectivity index (χ2n) is 5.08. The zero-order chi connectivity index (χ0) is 15.0. The van der Waals surface area contributed by atoms with Crippen molar-refractivity contribution in [2.24, 2.45) is 0 Å². The number of likely N-dealkylation sites (tertiary alicyclic amines) is 1. The molecule has 3 rings (SSSR count). The van der Waals surface area contributed by atoms with E-state index < -0.39 is 12.0 Å². The Morgan fingerprint density at radius 1 is 1.48 bits per heavy atom. The van der Waals surface area contributed by atoms with Crippen LogP contribution >= 0.6 is 0 Å². The number of hydrogen-bond acceptors (Lipinski definition) is 4. The van der Waals surface area contributed by atoms with Gasteiger partial charge in [-0.25, -0.2) is 4.79 Å². The molecule has 2 aromatic rings. The van der Waals surface area contributed by atoms with Gasteiger partial charge in [-0.15, -0.1) is 0 Å². The normalized spacial score (nSPS) is 21.9. The fraction of sp³-hybridized carbons (Fsp3) is 0.357. The highest BCUT2D eigenvalue weighted by Crippen LogP contribution is 2.23. The number of carboxylic acids is 1. The van der Waals surface area contributed by atoms with Crippen molar-refractivity contribution in [3.63, 3.8) is 0 Å². The third-order valence-corrected chi connectivity index (χ3v) is 3.83. The lowest BCUT2D eigenvalue weighted by Gasteiger charge is -2.21. The molecule has 0 saturated carbocycles. The van der Waals surface area contributed by atoms with Crippen LogP contribution in [0.5, 0.6) is 0 Å². The summed E-state index contributed by atoms with van der Waals surface area (Å²) < 4.78 is 5.19. The van der Waals surface area contributed by atoms with Gasteiger partial charge in [0.1, 0.15) is 6.04 Å². The second kappa shape index (κ2) is 5.17. The number of nitrogens with zero attached hydrogens (tertiary/aromatic N) is 2. The van der Waals surface area contributed by atoms with Crippen LogP contribution in [0.2, 0.25) is 0 Å². The highest BCUT2D eigenvalue weighted by molar-refractivity contribution is 5.99. The molecule has 2 heterocycles. The molecule has 0 spiro atoms. The number of H-pyrrole nitrogens is 1. The summed E-state index contributed by atoms with van der Waals surface area (Å²) in [5, 5.41) is 16.8. The molecule has 2 atom stereocenters. The van der Waals surface area contributed by atoms with Crippen molar-refractivity contribution in [3.05, 3.63) is 30.0 Å². The minimum Gasteiger partial charge on any atom is -0.480 e. The minimum absolute atomic E-state index is 0.243. The lowest BCUT2D eigenvalue weighted by atomic mass is 10.1. The van der Waals surface area contributed by atoms with Crippen molar-refractivity contribution >= 4 is 22.8 Å². The van der Waals surface area contributed by atoms with Gasteiger partial charge < -0.3 is 14.7 Å². The van der Waals surface area contributed by atoms with Crippen LogP contribution < -0.4 is 0 Å². The first-order valence-corrected chi connectivity index (χ1v) is 6.60. The SMILES string of the molecule is CO[C@@H]1C[C@@H](C(=O)O)N(C(=O)c2ccc3[nH]ncc3c2)C1. The van der Waals surface area contributed by atoms with E-state index in [4.69, 9.17) is 4.74 Å². The first-order valence-electron chi connectivity index (χ1n) is 6.60. The van der Waals surface area contributed by atoms with Crippen LogP contribution in [0.25, 0.3) is 10.9 Å². The van der Waals surface area contributed by atoms with Crippen LogP contribution in [0.1, 0.15) is 16.8 Å². The van der Waals surface area contributed by atoms with Crippen LogP contribution in [0.3, 0.4) is 0 Å². The highest BCUT2D eigenvalue weighted by Gasteiger charge is 2.40. The summed E-state index contributed by atoms with van der Waals surface area (Å²) in [5.41, 5.74) is 1.28. The van der Waals surface area contributed by atoms with Gasteiger partial charge in [-0.1, -0.05) is 0 Å². The Morgan fingerprint density at radius 3 is 3.00 bits per heavy atom. The van der Waals surface area contributed by atoms with Crippen molar-refractivity contribution < 1.29 is 19.4 Å². The Balaban J connectivity index is 1.90. The highest BCUT2D eigenvalue weighted by atomic mass is 16.5. The van der Waals surface area contributed by atoms with Crippen molar-refractivity contribution in [2.45, 2.75) is 18.6 Å². The third kappa shape index (κ3) is 2.36. The number of hydrogen-bond donors (Lipinski definition) is 2. The van der Waals surface area contributed by atoms with E-state index in [1.54, 1.807) is 24.4 Å². The number of carbonyl (C=O) groups excluding carboxylic acids is 1. The number of methoxy groups -OCH3 is 1. The molecule has 0 radical (unpaired) electrons. The largest absolute Gasteiger partial charge is 0.480 e. The van der Waals surface area contributed by atoms with Gasteiger partial charge in [0.05, 0.1) is 17.8 Å². The van der Waals surface area contributed by atoms with Crippen molar-refractivity contribution in [1.82, 2.24) is 15.1 Å². The summed E-state index contributed by atoms with van der Waals surface area (Å²) in [4.78, 5) is 25.2. The second-order valence-corrected chi connectivity index (χ2v) is 5.08. The number of benzene rings is 1. The number of rotatable bonds is 3. The van der Waals surface area contributed by atoms with E-state index in [1.165, 1.54) is 12.0 Å². The van der Waals surface area contributed by atoms with Gasteiger partial charge in [-0.3, -0.25) is 9.89 Å². The summed E-state index contributed by atoms with van der Waals surface area (Å²) >= 11 is 0. The number of aliphatic carboxylic acids is 1. The van der Waals surface area contributed by atoms with E-state index in [2.05, 4.69) is 10.2 Å². The Kier molecular flexibility index (Phi) is 3.34. The number of carboxylic acid groups (broad SMARTS) is 1. The summed E-state index contributed by atoms with van der Waals surface area (Å²) in [5.74, 6) is -1.31. The third-order valence-electron chi connectivity index (χ3n) is 3.83. The molecule has 1 aromatic heterocycles. The van der Waals surface area contributed by atoms with Gasteiger partial charge in [0.25, 0.3) is 5.91 Å². The van der Waals surface area contributed by atoms with Crippen molar-refractivity contribution in [1.29, 1.82) is 0 Å². The predicted molar refractivity (Wildman–Crippen MR) is 74.0 cm³/mol. The van der Waals surface area contributed by atoms with E-state index in [-0.39, 0.29) is 18.6 Å². The maximum atomic E-state index is 12.6. The molecule has 7 heteroatoms. The molecule has 7 nitrogen and oxygen atoms in total. The lowest BCUT2D eigenvalue weighted by Crippen LogP contribution is -2.40. The monoisotopic (exact) mass is 289 g/mol. The van der Waals surface area contributed by atoms with Gasteiger partial charge in [-0.05, 0) is 18.2 Å². The smallest absolute Gasteiger partial charge is 0.326 e. The van der Waals surface area contributed by atoms with Crippen LogP contribution in [-0.2, 0) is 9.53 Å². The Labute approximate surface area is 120 Å². The molecule has 1 aliphatic heterocycles. The molecule has 21 heavy (non-hydrogen) atoms. The summed E-state index contributed by atoms with van der Waals surface area (Å²) in [6.07, 6.45) is 1.70. The number of aromatic nitrogens is 2. The zero-order valence-corrected chi connectivity index (χ0v) is 11.4. The first-order chi connectivity index (χ1) is 10.1. The fourth-order valence-electron chi connectivity index (χ4n) is 2.67. The van der Waals surface area contributed by atoms with E-state index in [9.17, 15) is 14.7 Å². The van der Waals surface area contributed by atoms with Gasteiger partial charge in [0, 0.05) is 31.0 Å². The van der Waals surface area contributed by atoms with E-state index in [0.717, 1.165) is 10.9 Å². The molecule has 2 N–H and O–H groups in total. The van der Waals surface area contributed by atoms with Crippen molar-refractivity contribution in [2.75, 3.05) is 13.7 Å². The van der Waals surface area contributed by atoms with Crippen LogP contribution in [-0.4, -0.2) is 57.9 Å². The molecule has 1 aliphatic rings. The Bertz CT molecular complexity index is 696. The van der Waals surface area contributed by atoms with Gasteiger partial charge >= 0.3 is 5.97 Å². The van der Waals surface area contributed by atoms with Crippen LogP contribution in [0, 0.1) is 0 Å². The molecule has 1 aromatic carbocycles. The minimum atomic E-state index is -1.01. The fourth-order valence-corrected chi connectivity index (χ4v) is 2.67. The van der Waals surface area contributed by atoms with Crippen LogP contribution in [0.4, 0.5) is 0 Å². The zero-order valence-electron chi connectivity index (χ0n) is 11.4. The summed E-state index contributed by atoms with van der Waals surface area (Å²) in [6.45, 7) is 0.287. The average Bonchev–Trinajstić information content (AvgIpc) is 3.11. The average molecular weight is 289 g/mol. The standard InChI is InChI=1S/C14H15N3O4/c1-21-10-5-12(14(19)20)17(7-10)13(18)8-2-3-11-9(4-8)6-15-16-11/h2-4,6,10,12H,5,7H2,1H3,(H,15,16)(H,19,20)/t10-,12+/m1/s1. The molecule has 1 amide bonds. The Morgan fingerprint density at radius 2 is 2.29 bits per heavy atom. The van der Waals surface area contributed by atoms with Gasteiger partial charge in [0.15, 0.2) is 0 Å². The molecule has 110 valence electrons. The molecular weight excluding hydrogens is 274 g/mol. The number of ether oxygens (including phenoxy) is 1. The van der Waals surface area contributed by atoms with Gasteiger partial charge in [-0.2, -0.15) is 5.10 Å². The number of carbonyl (C=O) groups is 2. The number of aromatic amines is 1.